The maximum absolute atomic E-state index is 12.6. The minimum absolute atomic E-state index is 0.156. The van der Waals surface area contributed by atoms with E-state index in [1.54, 1.807) is 0 Å². The highest BCUT2D eigenvalue weighted by molar-refractivity contribution is 5.90. The van der Waals surface area contributed by atoms with E-state index in [0.717, 1.165) is 0 Å². The largest absolute Gasteiger partial charge is 0.452 e. The summed E-state index contributed by atoms with van der Waals surface area (Å²) in [5, 5.41) is 8.64. The Kier molecular flexibility index (Phi) is 22.0. The first-order chi connectivity index (χ1) is 26.8. The first-order valence-electron chi connectivity index (χ1n) is 20.0. The second kappa shape index (κ2) is 23.6. The lowest BCUT2D eigenvalue weighted by molar-refractivity contribution is -0.146. The van der Waals surface area contributed by atoms with Gasteiger partial charge in [0.25, 0.3) is 17.7 Å². The predicted octanol–water partition coefficient (Wildman–Crippen LogP) is 5.59. The molecule has 0 fully saturated rings. The highest BCUT2D eigenvalue weighted by atomic mass is 16.5. The van der Waals surface area contributed by atoms with Crippen molar-refractivity contribution in [1.29, 1.82) is 0 Å². The quantitative estimate of drug-likeness (QED) is 0.0367. The Bertz CT molecular complexity index is 1510. The van der Waals surface area contributed by atoms with Crippen LogP contribution in [0.25, 0.3) is 0 Å². The number of rotatable bonds is 29. The molecule has 15 nitrogen and oxygen atoms in total. The molecule has 338 valence electrons. The molecular weight excluding hydrogens is 762 g/mol. The summed E-state index contributed by atoms with van der Waals surface area (Å²) in [6, 6.07) is 0. The Balaban J connectivity index is 5.92. The maximum atomic E-state index is 12.6. The minimum Gasteiger partial charge on any atom is -0.452 e. The van der Waals surface area contributed by atoms with Crippen LogP contribution < -0.4 is 16.0 Å². The topological polar surface area (TPSA) is 194 Å². The molecule has 0 bridgehead atoms. The number of hydrogen-bond donors (Lipinski definition) is 3. The van der Waals surface area contributed by atoms with Crippen LogP contribution in [0.4, 0.5) is 0 Å². The monoisotopic (exact) mass is 838 g/mol. The van der Waals surface area contributed by atoms with Gasteiger partial charge in [0.2, 0.25) is 0 Å². The fraction of sp³-hybridized carbons (Fsp3) is 0.727. The van der Waals surface area contributed by atoms with Gasteiger partial charge in [0.1, 0.15) is 0 Å². The molecule has 1 atom stereocenters. The van der Waals surface area contributed by atoms with Crippen LogP contribution in [-0.4, -0.2) is 110 Å². The van der Waals surface area contributed by atoms with Gasteiger partial charge in [0.05, 0.1) is 30.0 Å². The van der Waals surface area contributed by atoms with Crippen LogP contribution in [0, 0.1) is 5.41 Å². The van der Waals surface area contributed by atoms with Crippen molar-refractivity contribution in [3.63, 3.8) is 0 Å². The van der Waals surface area contributed by atoms with Crippen molar-refractivity contribution in [3.8, 4) is 0 Å². The third-order valence-corrected chi connectivity index (χ3v) is 9.16. The molecule has 59 heavy (non-hydrogen) atoms. The van der Waals surface area contributed by atoms with Crippen LogP contribution in [0.1, 0.15) is 129 Å². The Labute approximate surface area is 353 Å². The van der Waals surface area contributed by atoms with Gasteiger partial charge in [-0.3, -0.25) is 14.4 Å². The molecule has 0 aromatic carbocycles. The number of carbonyl (C=O) groups is 6. The van der Waals surface area contributed by atoms with Crippen molar-refractivity contribution in [2.45, 2.75) is 157 Å². The summed E-state index contributed by atoms with van der Waals surface area (Å²) in [7, 11) is 0. The molecule has 15 heteroatoms. The van der Waals surface area contributed by atoms with Crippen molar-refractivity contribution in [2.24, 2.45) is 5.41 Å². The Morgan fingerprint density at radius 1 is 0.492 bits per heavy atom. The smallest absolute Gasteiger partial charge is 0.333 e. The Morgan fingerprint density at radius 3 is 1.19 bits per heavy atom. The number of nitrogens with one attached hydrogen (secondary N) is 3. The highest BCUT2D eigenvalue weighted by Crippen LogP contribution is 2.42. The van der Waals surface area contributed by atoms with E-state index >= 15 is 0 Å². The third-order valence-electron chi connectivity index (χ3n) is 9.16. The van der Waals surface area contributed by atoms with Crippen LogP contribution in [0.15, 0.2) is 36.5 Å². The molecule has 3 amide bonds. The molecule has 1 unspecified atom stereocenters. The van der Waals surface area contributed by atoms with Gasteiger partial charge in [0.15, 0.2) is 19.8 Å². The van der Waals surface area contributed by atoms with Gasteiger partial charge in [-0.2, -0.15) is 0 Å². The maximum Gasteiger partial charge on any atom is 0.333 e. The molecule has 0 aliphatic carbocycles. The molecule has 0 saturated carbocycles. The SMILES string of the molecule is C=C(C)C(=O)OCC(=O)NC(C)(C)CCOCC(CC)(CC(C)(C)OCCC(C)(C)NC(=O)COC(=O)C(=C)C)CC(C)(C)OCC(C)(C)NC(=O)COC(=O)C(=C)C. The average Bonchev–Trinajstić information content (AvgIpc) is 3.08. The zero-order valence-electron chi connectivity index (χ0n) is 38.5. The van der Waals surface area contributed by atoms with Crippen LogP contribution in [0.2, 0.25) is 0 Å². The molecule has 0 heterocycles. The second-order valence-electron chi connectivity index (χ2n) is 18.8. The van der Waals surface area contributed by atoms with Gasteiger partial charge >= 0.3 is 17.9 Å². The van der Waals surface area contributed by atoms with Crippen LogP contribution in [0.5, 0.6) is 0 Å². The van der Waals surface area contributed by atoms with E-state index in [-0.39, 0.29) is 23.3 Å². The third kappa shape index (κ3) is 24.6. The van der Waals surface area contributed by atoms with Gasteiger partial charge in [-0.1, -0.05) is 26.7 Å². The van der Waals surface area contributed by atoms with Gasteiger partial charge in [0, 0.05) is 41.0 Å². The minimum atomic E-state index is -0.801. The fourth-order valence-corrected chi connectivity index (χ4v) is 6.16. The zero-order chi connectivity index (χ0) is 46.0. The van der Waals surface area contributed by atoms with Crippen molar-refractivity contribution < 1.29 is 57.2 Å². The van der Waals surface area contributed by atoms with Crippen LogP contribution in [-0.2, 0) is 57.2 Å². The molecular formula is C44H75N3O12. The van der Waals surface area contributed by atoms with E-state index in [2.05, 4.69) is 42.6 Å². The van der Waals surface area contributed by atoms with Crippen molar-refractivity contribution in [3.05, 3.63) is 36.5 Å². The van der Waals surface area contributed by atoms with E-state index in [1.165, 1.54) is 20.8 Å². The van der Waals surface area contributed by atoms with Gasteiger partial charge in [-0.05, 0) is 128 Å². The van der Waals surface area contributed by atoms with E-state index < -0.39 is 88.7 Å². The normalized spacial score (nSPS) is 13.3. The molecule has 0 aliphatic rings. The average molecular weight is 838 g/mol. The van der Waals surface area contributed by atoms with E-state index in [1.807, 2.05) is 69.2 Å². The highest BCUT2D eigenvalue weighted by Gasteiger charge is 2.42. The molecule has 0 aromatic heterocycles. The van der Waals surface area contributed by atoms with Gasteiger partial charge in [-0.25, -0.2) is 14.4 Å². The summed E-state index contributed by atoms with van der Waals surface area (Å²) >= 11 is 0. The van der Waals surface area contributed by atoms with Crippen molar-refractivity contribution in [1.82, 2.24) is 16.0 Å². The first-order valence-corrected chi connectivity index (χ1v) is 20.0. The van der Waals surface area contributed by atoms with Crippen molar-refractivity contribution >= 4 is 35.6 Å². The lowest BCUT2D eigenvalue weighted by Crippen LogP contribution is -2.51. The lowest BCUT2D eigenvalue weighted by atomic mass is 9.70. The summed E-state index contributed by atoms with van der Waals surface area (Å²) in [6.45, 7) is 36.1. The summed E-state index contributed by atoms with van der Waals surface area (Å²) in [5.41, 5.74) is -3.36. The molecule has 0 aliphatic heterocycles. The van der Waals surface area contributed by atoms with Crippen LogP contribution >= 0.6 is 0 Å². The Hall–Kier alpha value is -4.08. The molecule has 0 spiro atoms. The van der Waals surface area contributed by atoms with Crippen molar-refractivity contribution in [2.75, 3.05) is 46.2 Å². The standard InChI is InChI=1S/C44H75N3O12/c1-18-44(29-54-21-19-39(8,9)45-33(48)23-55-36(51)30(2)3,27-43(16,17)59-28-41(12,13)47-35(50)25-57-38(53)32(6)7)26-42(14,15)58-22-20-40(10,11)46-34(49)24-56-37(52)31(4)5/h2,4,6,18-29H2,1,3,5,7-17H3,(H,45,48)(H,46,49)(H,47,50). The number of ether oxygens (including phenoxy) is 6. The molecule has 3 N–H and O–H groups in total. The van der Waals surface area contributed by atoms with E-state index in [9.17, 15) is 28.8 Å². The van der Waals surface area contributed by atoms with E-state index in [0.29, 0.717) is 51.9 Å². The van der Waals surface area contributed by atoms with Crippen LogP contribution in [0.3, 0.4) is 0 Å². The molecule has 0 rings (SSSR count). The summed E-state index contributed by atoms with van der Waals surface area (Å²) < 4.78 is 34.3. The van der Waals surface area contributed by atoms with Gasteiger partial charge in [-0.15, -0.1) is 0 Å². The number of hydrogen-bond acceptors (Lipinski definition) is 12. The lowest BCUT2D eigenvalue weighted by Gasteiger charge is -2.45. The summed E-state index contributed by atoms with van der Waals surface area (Å²) in [5.74, 6) is -3.27. The zero-order valence-corrected chi connectivity index (χ0v) is 38.5. The number of amides is 3. The van der Waals surface area contributed by atoms with Gasteiger partial charge < -0.3 is 44.4 Å². The summed E-state index contributed by atoms with van der Waals surface area (Å²) in [6.07, 6.45) is 2.74. The number of carbonyl (C=O) groups excluding carboxylic acids is 6. The predicted molar refractivity (Wildman–Crippen MR) is 226 cm³/mol. The number of esters is 3. The summed E-state index contributed by atoms with van der Waals surface area (Å²) in [4.78, 5) is 72.8. The fourth-order valence-electron chi connectivity index (χ4n) is 6.16. The first kappa shape index (κ1) is 54.9. The molecule has 0 aromatic rings. The molecule has 0 saturated heterocycles. The Morgan fingerprint density at radius 2 is 0.831 bits per heavy atom. The van der Waals surface area contributed by atoms with E-state index in [4.69, 9.17) is 28.4 Å². The second-order valence-corrected chi connectivity index (χ2v) is 18.8. The molecule has 0 radical (unpaired) electrons.